The molecule has 7 nitrogen and oxygen atoms in total. The first-order valence-electron chi connectivity index (χ1n) is 9.76. The van der Waals surface area contributed by atoms with Crippen molar-refractivity contribution in [1.82, 2.24) is 24.8 Å². The van der Waals surface area contributed by atoms with Crippen LogP contribution in [0.2, 0.25) is 0 Å². The Morgan fingerprint density at radius 3 is 2.75 bits per heavy atom. The first-order valence-corrected chi connectivity index (χ1v) is 9.76. The Kier molecular flexibility index (Phi) is 4.98. The summed E-state index contributed by atoms with van der Waals surface area (Å²) in [5.74, 6) is 0.406. The van der Waals surface area contributed by atoms with Gasteiger partial charge in [-0.05, 0) is 42.9 Å². The highest BCUT2D eigenvalue weighted by Crippen LogP contribution is 2.36. The first kappa shape index (κ1) is 18.4. The van der Waals surface area contributed by atoms with Gasteiger partial charge in [0.2, 0.25) is 5.76 Å². The molecule has 0 aliphatic carbocycles. The molecular weight excluding hydrogens is 354 g/mol. The van der Waals surface area contributed by atoms with Crippen LogP contribution < -0.4 is 0 Å². The fourth-order valence-corrected chi connectivity index (χ4v) is 3.77. The molecule has 4 heterocycles. The molecule has 1 atom stereocenters. The van der Waals surface area contributed by atoms with Gasteiger partial charge in [0.1, 0.15) is 0 Å². The van der Waals surface area contributed by atoms with Crippen LogP contribution in [0.3, 0.4) is 0 Å². The van der Waals surface area contributed by atoms with E-state index in [0.717, 1.165) is 41.8 Å². The highest BCUT2D eigenvalue weighted by molar-refractivity contribution is 5.92. The third-order valence-electron chi connectivity index (χ3n) is 5.26. The number of aryl methyl sites for hydroxylation is 1. The average molecular weight is 379 g/mol. The quantitative estimate of drug-likeness (QED) is 0.686. The summed E-state index contributed by atoms with van der Waals surface area (Å²) >= 11 is 0. The largest absolute Gasteiger partial charge is 0.351 e. The van der Waals surface area contributed by atoms with E-state index in [4.69, 9.17) is 9.62 Å². The number of carbonyl (C=O) groups is 1. The number of amides is 1. The van der Waals surface area contributed by atoms with Crippen LogP contribution in [0.1, 0.15) is 67.0 Å². The number of piperidine rings is 1. The van der Waals surface area contributed by atoms with Gasteiger partial charge in [0.05, 0.1) is 17.4 Å². The van der Waals surface area contributed by atoms with Gasteiger partial charge in [0.25, 0.3) is 5.91 Å². The predicted molar refractivity (Wildman–Crippen MR) is 105 cm³/mol. The zero-order chi connectivity index (χ0) is 19.7. The van der Waals surface area contributed by atoms with Crippen LogP contribution in [-0.4, -0.2) is 37.3 Å². The Balaban J connectivity index is 1.69. The maximum absolute atomic E-state index is 13.2. The Bertz CT molecular complexity index is 960. The van der Waals surface area contributed by atoms with E-state index in [2.05, 4.69) is 10.1 Å². The summed E-state index contributed by atoms with van der Waals surface area (Å²) in [5.41, 5.74) is 3.81. The van der Waals surface area contributed by atoms with Crippen LogP contribution in [0, 0.1) is 0 Å². The van der Waals surface area contributed by atoms with Crippen molar-refractivity contribution in [3.63, 3.8) is 0 Å². The van der Waals surface area contributed by atoms with E-state index in [0.29, 0.717) is 12.3 Å². The van der Waals surface area contributed by atoms with Gasteiger partial charge in [0, 0.05) is 43.8 Å². The maximum Gasteiger partial charge on any atom is 0.293 e. The predicted octanol–water partition coefficient (Wildman–Crippen LogP) is 3.96. The molecule has 1 aliphatic rings. The van der Waals surface area contributed by atoms with Gasteiger partial charge in [0.15, 0.2) is 0 Å². The van der Waals surface area contributed by atoms with Crippen LogP contribution in [0.5, 0.6) is 0 Å². The molecule has 0 saturated carbocycles. The Morgan fingerprint density at radius 2 is 2.04 bits per heavy atom. The van der Waals surface area contributed by atoms with Gasteiger partial charge in [-0.15, -0.1) is 0 Å². The summed E-state index contributed by atoms with van der Waals surface area (Å²) < 4.78 is 7.18. The highest BCUT2D eigenvalue weighted by Gasteiger charge is 2.34. The molecule has 0 radical (unpaired) electrons. The lowest BCUT2D eigenvalue weighted by Crippen LogP contribution is -2.38. The van der Waals surface area contributed by atoms with Crippen molar-refractivity contribution in [2.75, 3.05) is 6.54 Å². The lowest BCUT2D eigenvalue weighted by molar-refractivity contribution is 0.0563. The Labute approximate surface area is 164 Å². The van der Waals surface area contributed by atoms with E-state index in [1.54, 1.807) is 18.5 Å². The van der Waals surface area contributed by atoms with Crippen molar-refractivity contribution < 1.29 is 9.32 Å². The second kappa shape index (κ2) is 7.58. The molecule has 7 heteroatoms. The van der Waals surface area contributed by atoms with Gasteiger partial charge in [-0.3, -0.25) is 14.5 Å². The Morgan fingerprint density at radius 1 is 1.25 bits per heavy atom. The summed E-state index contributed by atoms with van der Waals surface area (Å²) in [7, 11) is 1.91. The van der Waals surface area contributed by atoms with E-state index in [-0.39, 0.29) is 17.9 Å². The van der Waals surface area contributed by atoms with Crippen molar-refractivity contribution in [2.45, 2.75) is 45.1 Å². The molecule has 3 aromatic heterocycles. The summed E-state index contributed by atoms with van der Waals surface area (Å²) in [6, 6.07) is 5.63. The fourth-order valence-electron chi connectivity index (χ4n) is 3.77. The number of hydrogen-bond acceptors (Lipinski definition) is 5. The molecule has 0 bridgehead atoms. The normalized spacial score (nSPS) is 17.3. The third kappa shape index (κ3) is 3.44. The fraction of sp³-hybridized carbons (Fsp3) is 0.429. The minimum Gasteiger partial charge on any atom is -0.351 e. The van der Waals surface area contributed by atoms with Crippen molar-refractivity contribution in [1.29, 1.82) is 0 Å². The topological polar surface area (TPSA) is 77.0 Å². The molecule has 4 rings (SSSR count). The number of hydrogen-bond donors (Lipinski definition) is 0. The van der Waals surface area contributed by atoms with Crippen LogP contribution in [-0.2, 0) is 7.05 Å². The van der Waals surface area contributed by atoms with E-state index < -0.39 is 0 Å². The van der Waals surface area contributed by atoms with Crippen molar-refractivity contribution in [3.8, 4) is 11.1 Å². The second-order valence-electron chi connectivity index (χ2n) is 7.62. The van der Waals surface area contributed by atoms with E-state index in [1.165, 1.54) is 0 Å². The molecule has 0 aromatic carbocycles. The second-order valence-corrected chi connectivity index (χ2v) is 7.62. The molecule has 0 spiro atoms. The molecular formula is C21H25N5O2. The van der Waals surface area contributed by atoms with Gasteiger partial charge >= 0.3 is 0 Å². The summed E-state index contributed by atoms with van der Waals surface area (Å²) in [5, 5.41) is 8.78. The minimum atomic E-state index is -0.115. The van der Waals surface area contributed by atoms with Crippen molar-refractivity contribution >= 4 is 5.91 Å². The number of nitrogens with zero attached hydrogens (tertiary/aromatic N) is 5. The van der Waals surface area contributed by atoms with E-state index in [1.807, 2.05) is 48.8 Å². The maximum atomic E-state index is 13.2. The lowest BCUT2D eigenvalue weighted by Gasteiger charge is -2.34. The molecule has 1 saturated heterocycles. The molecule has 1 fully saturated rings. The van der Waals surface area contributed by atoms with Crippen LogP contribution in [0.4, 0.5) is 0 Å². The zero-order valence-corrected chi connectivity index (χ0v) is 16.5. The van der Waals surface area contributed by atoms with Gasteiger partial charge in [-0.25, -0.2) is 0 Å². The monoisotopic (exact) mass is 379 g/mol. The number of carbonyl (C=O) groups excluding carboxylic acids is 1. The zero-order valence-electron chi connectivity index (χ0n) is 16.5. The average Bonchev–Trinajstić information content (AvgIpc) is 3.35. The molecule has 1 unspecified atom stereocenters. The smallest absolute Gasteiger partial charge is 0.293 e. The first-order chi connectivity index (χ1) is 13.5. The SMILES string of the molecule is CC(C)c1cc(C(=O)N2CCCCC2c2nn(C)cc2-c2ccncc2)on1. The van der Waals surface area contributed by atoms with Gasteiger partial charge in [-0.1, -0.05) is 19.0 Å². The van der Waals surface area contributed by atoms with Gasteiger partial charge in [-0.2, -0.15) is 5.10 Å². The van der Waals surface area contributed by atoms with E-state index in [9.17, 15) is 4.79 Å². The van der Waals surface area contributed by atoms with Crippen molar-refractivity contribution in [3.05, 3.63) is 53.9 Å². The van der Waals surface area contributed by atoms with Crippen molar-refractivity contribution in [2.24, 2.45) is 7.05 Å². The van der Waals surface area contributed by atoms with Crippen LogP contribution >= 0.6 is 0 Å². The van der Waals surface area contributed by atoms with Crippen LogP contribution in [0.15, 0.2) is 41.3 Å². The number of likely N-dealkylation sites (tertiary alicyclic amines) is 1. The lowest BCUT2D eigenvalue weighted by atomic mass is 9.94. The number of pyridine rings is 1. The molecule has 0 N–H and O–H groups in total. The number of aromatic nitrogens is 4. The minimum absolute atomic E-state index is 0.0850. The molecule has 3 aromatic rings. The van der Waals surface area contributed by atoms with E-state index >= 15 is 0 Å². The third-order valence-corrected chi connectivity index (χ3v) is 5.26. The highest BCUT2D eigenvalue weighted by atomic mass is 16.5. The summed E-state index contributed by atoms with van der Waals surface area (Å²) in [6.45, 7) is 4.75. The standard InChI is InChI=1S/C21H25N5O2/c1-14(2)17-12-19(28-24-17)21(27)26-11-5-4-6-18(26)20-16(13-25(3)23-20)15-7-9-22-10-8-15/h7-10,12-14,18H,4-6,11H2,1-3H3. The molecule has 1 aliphatic heterocycles. The Hall–Kier alpha value is -2.96. The molecule has 1 amide bonds. The number of rotatable bonds is 4. The molecule has 28 heavy (non-hydrogen) atoms. The van der Waals surface area contributed by atoms with Crippen LogP contribution in [0.25, 0.3) is 11.1 Å². The summed E-state index contributed by atoms with van der Waals surface area (Å²) in [6.07, 6.45) is 8.48. The summed E-state index contributed by atoms with van der Waals surface area (Å²) in [4.78, 5) is 19.2. The molecule has 146 valence electrons. The van der Waals surface area contributed by atoms with Gasteiger partial charge < -0.3 is 9.42 Å².